The number of carbonyl (C=O) groups is 2. The SMILES string of the molecule is COc1cc(C(=O)Nc2scc(C3CCc4ccccc4C3)c2C(=O)OI)ccc1F. The fourth-order valence-corrected chi connectivity index (χ4v) is 5.20. The number of methoxy groups -OCH3 is 1. The van der Waals surface area contributed by atoms with Crippen LogP contribution in [0.3, 0.4) is 0 Å². The molecule has 1 unspecified atom stereocenters. The van der Waals surface area contributed by atoms with Crippen LogP contribution in [0.15, 0.2) is 47.8 Å². The number of carbonyl (C=O) groups excluding carboxylic acids is 2. The second-order valence-corrected chi connectivity index (χ2v) is 8.59. The number of ether oxygens (including phenoxy) is 1. The molecule has 0 spiro atoms. The Kier molecular flexibility index (Phi) is 6.57. The van der Waals surface area contributed by atoms with E-state index in [1.165, 1.54) is 47.8 Å². The Morgan fingerprint density at radius 2 is 1.97 bits per heavy atom. The molecule has 0 radical (unpaired) electrons. The van der Waals surface area contributed by atoms with Gasteiger partial charge in [0.05, 0.1) is 12.7 Å². The summed E-state index contributed by atoms with van der Waals surface area (Å²) in [6.07, 6.45) is 2.68. The zero-order valence-electron chi connectivity index (χ0n) is 16.6. The van der Waals surface area contributed by atoms with Gasteiger partial charge in [0.1, 0.15) is 5.00 Å². The Balaban J connectivity index is 1.63. The van der Waals surface area contributed by atoms with Crippen LogP contribution in [0.25, 0.3) is 0 Å². The van der Waals surface area contributed by atoms with Crippen LogP contribution in [-0.2, 0) is 15.9 Å². The molecule has 4 rings (SSSR count). The summed E-state index contributed by atoms with van der Waals surface area (Å²) in [5.41, 5.74) is 4.11. The summed E-state index contributed by atoms with van der Waals surface area (Å²) in [4.78, 5) is 25.4. The van der Waals surface area contributed by atoms with Gasteiger partial charge >= 0.3 is 5.97 Å². The molecule has 0 bridgehead atoms. The molecule has 5 nitrogen and oxygen atoms in total. The van der Waals surface area contributed by atoms with Gasteiger partial charge in [0.25, 0.3) is 5.91 Å². The van der Waals surface area contributed by atoms with E-state index in [4.69, 9.17) is 7.80 Å². The average molecular weight is 551 g/mol. The number of thiophene rings is 1. The van der Waals surface area contributed by atoms with Crippen LogP contribution in [0.2, 0.25) is 0 Å². The predicted octanol–water partition coefficient (Wildman–Crippen LogP) is 5.93. The molecular weight excluding hydrogens is 532 g/mol. The Hall–Kier alpha value is -2.46. The molecule has 1 heterocycles. The smallest absolute Gasteiger partial charge is 0.350 e. The molecule has 3 aromatic rings. The lowest BCUT2D eigenvalue weighted by atomic mass is 9.80. The van der Waals surface area contributed by atoms with Crippen molar-refractivity contribution in [3.8, 4) is 5.75 Å². The zero-order chi connectivity index (χ0) is 22.0. The van der Waals surface area contributed by atoms with Crippen molar-refractivity contribution in [1.82, 2.24) is 0 Å². The van der Waals surface area contributed by atoms with Crippen molar-refractivity contribution >= 4 is 51.2 Å². The monoisotopic (exact) mass is 551 g/mol. The van der Waals surface area contributed by atoms with Crippen LogP contribution in [0.5, 0.6) is 5.75 Å². The summed E-state index contributed by atoms with van der Waals surface area (Å²) in [6.45, 7) is 0. The third kappa shape index (κ3) is 4.45. The second-order valence-electron chi connectivity index (χ2n) is 7.27. The Labute approximate surface area is 197 Å². The van der Waals surface area contributed by atoms with Crippen LogP contribution in [0, 0.1) is 5.82 Å². The van der Waals surface area contributed by atoms with Gasteiger partial charge in [-0.25, -0.2) is 9.18 Å². The predicted molar refractivity (Wildman–Crippen MR) is 126 cm³/mol. The van der Waals surface area contributed by atoms with Crippen LogP contribution in [0.4, 0.5) is 9.39 Å². The molecule has 160 valence electrons. The number of amides is 1. The number of halogens is 2. The van der Waals surface area contributed by atoms with Crippen molar-refractivity contribution in [3.05, 3.63) is 81.5 Å². The van der Waals surface area contributed by atoms with Gasteiger partial charge in [-0.3, -0.25) is 4.79 Å². The quantitative estimate of drug-likeness (QED) is 0.400. The minimum atomic E-state index is -0.552. The maximum absolute atomic E-state index is 13.7. The first-order chi connectivity index (χ1) is 15.0. The van der Waals surface area contributed by atoms with Crippen molar-refractivity contribution in [2.75, 3.05) is 12.4 Å². The molecule has 0 saturated heterocycles. The maximum Gasteiger partial charge on any atom is 0.350 e. The van der Waals surface area contributed by atoms with E-state index >= 15 is 0 Å². The Morgan fingerprint density at radius 1 is 1.19 bits per heavy atom. The van der Waals surface area contributed by atoms with Gasteiger partial charge in [0.15, 0.2) is 34.6 Å². The van der Waals surface area contributed by atoms with E-state index in [0.717, 1.165) is 24.8 Å². The molecule has 2 aromatic carbocycles. The van der Waals surface area contributed by atoms with Crippen LogP contribution < -0.4 is 10.1 Å². The molecular formula is C23H19FINO4S. The number of rotatable bonds is 5. The minimum Gasteiger partial charge on any atom is -0.494 e. The molecule has 8 heteroatoms. The molecule has 0 aliphatic heterocycles. The lowest BCUT2D eigenvalue weighted by Gasteiger charge is -2.25. The topological polar surface area (TPSA) is 64.6 Å². The van der Waals surface area contributed by atoms with E-state index in [0.29, 0.717) is 10.6 Å². The van der Waals surface area contributed by atoms with Gasteiger partial charge in [-0.2, -0.15) is 0 Å². The Morgan fingerprint density at radius 3 is 2.71 bits per heavy atom. The van der Waals surface area contributed by atoms with Gasteiger partial charge in [-0.05, 0) is 65.4 Å². The molecule has 1 amide bonds. The molecule has 1 atom stereocenters. The van der Waals surface area contributed by atoms with E-state index in [1.807, 2.05) is 17.5 Å². The summed E-state index contributed by atoms with van der Waals surface area (Å²) in [5.74, 6) is -1.37. The molecule has 1 aliphatic carbocycles. The number of hydrogen-bond acceptors (Lipinski definition) is 5. The number of fused-ring (bicyclic) bond motifs is 1. The van der Waals surface area contributed by atoms with Crippen LogP contribution in [0.1, 0.15) is 49.7 Å². The first-order valence-electron chi connectivity index (χ1n) is 9.67. The van der Waals surface area contributed by atoms with E-state index in [1.54, 1.807) is 23.0 Å². The lowest BCUT2D eigenvalue weighted by Crippen LogP contribution is -2.17. The summed E-state index contributed by atoms with van der Waals surface area (Å²) >= 11 is 2.85. The standard InChI is InChI=1S/C23H19FINO4S/c1-29-19-11-16(8-9-18(19)24)21(27)26-22-20(23(28)30-25)17(12-31-22)15-7-6-13-4-2-3-5-14(13)10-15/h2-5,8-9,11-12,15H,6-7,10H2,1H3,(H,26,27). The highest BCUT2D eigenvalue weighted by Gasteiger charge is 2.29. The number of benzene rings is 2. The van der Waals surface area contributed by atoms with Gasteiger partial charge in [-0.15, -0.1) is 11.3 Å². The highest BCUT2D eigenvalue weighted by molar-refractivity contribution is 14.1. The minimum absolute atomic E-state index is 0.0210. The van der Waals surface area contributed by atoms with E-state index in [2.05, 4.69) is 17.4 Å². The van der Waals surface area contributed by atoms with Gasteiger partial charge in [-0.1, -0.05) is 24.3 Å². The fraction of sp³-hybridized carbons (Fsp3) is 0.217. The highest BCUT2D eigenvalue weighted by atomic mass is 127. The lowest BCUT2D eigenvalue weighted by molar-refractivity contribution is 0.0800. The third-order valence-corrected chi connectivity index (χ3v) is 6.83. The number of nitrogens with one attached hydrogen (secondary N) is 1. The van der Waals surface area contributed by atoms with E-state index in [-0.39, 0.29) is 17.2 Å². The van der Waals surface area contributed by atoms with E-state index < -0.39 is 17.7 Å². The van der Waals surface area contributed by atoms with Crippen molar-refractivity contribution < 1.29 is 21.8 Å². The van der Waals surface area contributed by atoms with Crippen LogP contribution in [-0.4, -0.2) is 19.0 Å². The van der Waals surface area contributed by atoms with E-state index in [9.17, 15) is 14.0 Å². The normalized spacial score (nSPS) is 15.1. The fourth-order valence-electron chi connectivity index (χ4n) is 3.95. The molecule has 1 aromatic heterocycles. The van der Waals surface area contributed by atoms with Gasteiger partial charge < -0.3 is 13.1 Å². The van der Waals surface area contributed by atoms with Crippen LogP contribution >= 0.6 is 34.3 Å². The van der Waals surface area contributed by atoms with Gasteiger partial charge in [0.2, 0.25) is 0 Å². The molecule has 31 heavy (non-hydrogen) atoms. The first-order valence-corrected chi connectivity index (χ1v) is 11.4. The number of hydrogen-bond donors (Lipinski definition) is 1. The highest BCUT2D eigenvalue weighted by Crippen LogP contribution is 2.40. The zero-order valence-corrected chi connectivity index (χ0v) is 19.6. The largest absolute Gasteiger partial charge is 0.494 e. The average Bonchev–Trinajstić information content (AvgIpc) is 3.21. The maximum atomic E-state index is 13.7. The molecule has 0 saturated carbocycles. The number of anilines is 1. The van der Waals surface area contributed by atoms with Gasteiger partial charge in [0, 0.05) is 5.56 Å². The van der Waals surface area contributed by atoms with Crippen molar-refractivity contribution in [1.29, 1.82) is 0 Å². The Bertz CT molecular complexity index is 1150. The summed E-state index contributed by atoms with van der Waals surface area (Å²) in [7, 11) is 1.34. The summed E-state index contributed by atoms with van der Waals surface area (Å²) in [6, 6.07) is 12.2. The summed E-state index contributed by atoms with van der Waals surface area (Å²) < 4.78 is 23.6. The number of aryl methyl sites for hydroxylation is 1. The first kappa shape index (κ1) is 21.8. The summed E-state index contributed by atoms with van der Waals surface area (Å²) in [5, 5.41) is 5.13. The second kappa shape index (κ2) is 9.35. The molecule has 1 aliphatic rings. The molecule has 1 N–H and O–H groups in total. The van der Waals surface area contributed by atoms with Crippen molar-refractivity contribution in [2.45, 2.75) is 25.2 Å². The van der Waals surface area contributed by atoms with Crippen molar-refractivity contribution in [2.24, 2.45) is 0 Å². The third-order valence-electron chi connectivity index (χ3n) is 5.52. The molecule has 0 fully saturated rings. The van der Waals surface area contributed by atoms with Crippen molar-refractivity contribution in [3.63, 3.8) is 0 Å².